The number of aromatic nitrogens is 1. The normalized spacial score (nSPS) is 13.2. The van der Waals surface area contributed by atoms with Crippen molar-refractivity contribution in [2.24, 2.45) is 0 Å². The molecule has 0 aliphatic rings. The van der Waals surface area contributed by atoms with E-state index < -0.39 is 27.1 Å². The van der Waals surface area contributed by atoms with Gasteiger partial charge in [0.05, 0.1) is 0 Å². The van der Waals surface area contributed by atoms with Gasteiger partial charge in [0.2, 0.25) is 0 Å². The van der Waals surface area contributed by atoms with Gasteiger partial charge in [-0.2, -0.15) is 0 Å². The SMILES string of the molecule is CC(C)[Si](Oc1cc(O[C@@H](C)CF)cc(-c2ccc(C(=O)O)[nH]2)c1)(C(C)C)C(C)C. The highest BCUT2D eigenvalue weighted by atomic mass is 28.4. The highest BCUT2D eigenvalue weighted by Gasteiger charge is 2.47. The van der Waals surface area contributed by atoms with Crippen LogP contribution in [0.4, 0.5) is 4.39 Å². The zero-order chi connectivity index (χ0) is 22.6. The van der Waals surface area contributed by atoms with Gasteiger partial charge < -0.3 is 19.3 Å². The first-order valence-electron chi connectivity index (χ1n) is 10.5. The molecule has 2 aromatic rings. The van der Waals surface area contributed by atoms with Gasteiger partial charge in [-0.15, -0.1) is 0 Å². The van der Waals surface area contributed by atoms with Crippen LogP contribution in [-0.4, -0.2) is 37.2 Å². The molecule has 30 heavy (non-hydrogen) atoms. The molecule has 5 nitrogen and oxygen atoms in total. The lowest BCUT2D eigenvalue weighted by Gasteiger charge is -2.42. The van der Waals surface area contributed by atoms with Crippen molar-refractivity contribution < 1.29 is 23.5 Å². The number of hydrogen-bond acceptors (Lipinski definition) is 3. The average Bonchev–Trinajstić information content (AvgIpc) is 3.15. The Morgan fingerprint density at radius 1 is 1.00 bits per heavy atom. The van der Waals surface area contributed by atoms with E-state index >= 15 is 0 Å². The highest BCUT2D eigenvalue weighted by molar-refractivity contribution is 6.78. The molecule has 0 unspecified atom stereocenters. The largest absolute Gasteiger partial charge is 0.543 e. The zero-order valence-corrected chi connectivity index (χ0v) is 20.0. The van der Waals surface area contributed by atoms with E-state index in [1.807, 2.05) is 12.1 Å². The number of benzene rings is 1. The summed E-state index contributed by atoms with van der Waals surface area (Å²) in [4.78, 5) is 14.2. The second-order valence-corrected chi connectivity index (χ2v) is 14.2. The summed E-state index contributed by atoms with van der Waals surface area (Å²) in [5.41, 5.74) is 2.64. The van der Waals surface area contributed by atoms with Crippen molar-refractivity contribution in [3.8, 4) is 22.8 Å². The summed E-state index contributed by atoms with van der Waals surface area (Å²) < 4.78 is 25.6. The van der Waals surface area contributed by atoms with Crippen LogP contribution in [0, 0.1) is 0 Å². The molecular formula is C23H34FNO4Si. The number of carboxylic acids is 1. The number of aromatic carboxylic acids is 1. The van der Waals surface area contributed by atoms with E-state index in [1.165, 1.54) is 6.07 Å². The first-order valence-corrected chi connectivity index (χ1v) is 12.6. The quantitative estimate of drug-likeness (QED) is 0.409. The minimum absolute atomic E-state index is 0.103. The monoisotopic (exact) mass is 435 g/mol. The van der Waals surface area contributed by atoms with Crippen LogP contribution in [0.5, 0.6) is 11.5 Å². The molecule has 7 heteroatoms. The topological polar surface area (TPSA) is 71.6 Å². The number of hydrogen-bond donors (Lipinski definition) is 2. The molecule has 0 saturated heterocycles. The van der Waals surface area contributed by atoms with Crippen molar-refractivity contribution in [1.29, 1.82) is 0 Å². The number of aromatic amines is 1. The van der Waals surface area contributed by atoms with Crippen LogP contribution in [0.3, 0.4) is 0 Å². The Balaban J connectivity index is 2.56. The summed E-state index contributed by atoms with van der Waals surface area (Å²) in [6.45, 7) is 14.3. The predicted octanol–water partition coefficient (Wildman–Crippen LogP) is 6.67. The van der Waals surface area contributed by atoms with Crippen LogP contribution >= 0.6 is 0 Å². The highest BCUT2D eigenvalue weighted by Crippen LogP contribution is 2.44. The van der Waals surface area contributed by atoms with Crippen molar-refractivity contribution in [3.63, 3.8) is 0 Å². The second-order valence-electron chi connectivity index (χ2n) is 8.79. The Morgan fingerprint density at radius 2 is 1.57 bits per heavy atom. The van der Waals surface area contributed by atoms with Gasteiger partial charge in [0.25, 0.3) is 8.32 Å². The molecule has 1 atom stereocenters. The standard InChI is InChI=1S/C23H34FNO4Si/c1-14(2)30(15(3)4,16(5)6)29-20-11-18(10-19(12-20)28-17(7)13-24)21-8-9-22(25-21)23(26)27/h8-12,14-17,25H,13H2,1-7H3,(H,26,27)/t17-/m0/s1. The number of carboxylic acid groups (broad SMARTS) is 1. The maximum atomic E-state index is 13.1. The average molecular weight is 436 g/mol. The molecule has 1 aromatic heterocycles. The Hall–Kier alpha value is -2.28. The van der Waals surface area contributed by atoms with Gasteiger partial charge in [-0.1, -0.05) is 41.5 Å². The number of halogens is 1. The molecule has 1 heterocycles. The summed E-state index contributed by atoms with van der Waals surface area (Å²) in [6.07, 6.45) is -0.589. The Bertz CT molecular complexity index is 841. The summed E-state index contributed by atoms with van der Waals surface area (Å²) in [5.74, 6) is 0.142. The smallest absolute Gasteiger partial charge is 0.352 e. The third-order valence-corrected chi connectivity index (χ3v) is 11.7. The van der Waals surface area contributed by atoms with Gasteiger partial charge in [0.15, 0.2) is 0 Å². The maximum absolute atomic E-state index is 13.1. The van der Waals surface area contributed by atoms with Crippen molar-refractivity contribution in [2.45, 2.75) is 71.2 Å². The van der Waals surface area contributed by atoms with E-state index in [1.54, 1.807) is 19.1 Å². The van der Waals surface area contributed by atoms with E-state index in [2.05, 4.69) is 46.5 Å². The third kappa shape index (κ3) is 5.06. The van der Waals surface area contributed by atoms with Gasteiger partial charge in [-0.25, -0.2) is 9.18 Å². The van der Waals surface area contributed by atoms with Gasteiger partial charge in [0, 0.05) is 17.3 Å². The lowest BCUT2D eigenvalue weighted by atomic mass is 10.1. The number of H-pyrrole nitrogens is 1. The Kier molecular flexibility index (Phi) is 7.74. The summed E-state index contributed by atoms with van der Waals surface area (Å²) in [5, 5.41) is 9.22. The molecule has 0 aliphatic heterocycles. The number of alkyl halides is 1. The van der Waals surface area contributed by atoms with Crippen LogP contribution in [0.1, 0.15) is 59.0 Å². The van der Waals surface area contributed by atoms with Crippen LogP contribution < -0.4 is 9.16 Å². The molecule has 2 N–H and O–H groups in total. The van der Waals surface area contributed by atoms with E-state index in [9.17, 15) is 14.3 Å². The molecule has 0 radical (unpaired) electrons. The third-order valence-electron chi connectivity index (χ3n) is 5.66. The minimum atomic E-state index is -2.21. The molecule has 166 valence electrons. The van der Waals surface area contributed by atoms with Crippen molar-refractivity contribution >= 4 is 14.3 Å². The molecule has 0 amide bonds. The van der Waals surface area contributed by atoms with Gasteiger partial charge in [-0.3, -0.25) is 0 Å². The first-order chi connectivity index (χ1) is 14.0. The molecule has 2 rings (SSSR count). The summed E-state index contributed by atoms with van der Waals surface area (Å²) >= 11 is 0. The van der Waals surface area contributed by atoms with E-state index in [0.29, 0.717) is 33.8 Å². The molecule has 0 fully saturated rings. The molecule has 0 saturated carbocycles. The molecule has 0 bridgehead atoms. The lowest BCUT2D eigenvalue weighted by Crippen LogP contribution is -2.50. The second kappa shape index (κ2) is 9.68. The molecule has 0 aliphatic carbocycles. The van der Waals surface area contributed by atoms with Crippen LogP contribution in [0.2, 0.25) is 16.6 Å². The number of nitrogens with one attached hydrogen (secondary N) is 1. The van der Waals surface area contributed by atoms with E-state index in [0.717, 1.165) is 5.56 Å². The molecular weight excluding hydrogens is 401 g/mol. The fraction of sp³-hybridized carbons (Fsp3) is 0.522. The summed E-state index contributed by atoms with van der Waals surface area (Å²) in [7, 11) is -2.21. The molecule has 0 spiro atoms. The number of rotatable bonds is 10. The van der Waals surface area contributed by atoms with Crippen LogP contribution in [0.25, 0.3) is 11.3 Å². The minimum Gasteiger partial charge on any atom is -0.543 e. The van der Waals surface area contributed by atoms with Gasteiger partial charge >= 0.3 is 5.97 Å². The number of ether oxygens (including phenoxy) is 1. The predicted molar refractivity (Wildman–Crippen MR) is 121 cm³/mol. The summed E-state index contributed by atoms with van der Waals surface area (Å²) in [6, 6.07) is 8.72. The van der Waals surface area contributed by atoms with Crippen LogP contribution in [-0.2, 0) is 0 Å². The molecule has 1 aromatic carbocycles. The lowest BCUT2D eigenvalue weighted by molar-refractivity contribution is 0.0691. The van der Waals surface area contributed by atoms with Gasteiger partial charge in [-0.05, 0) is 47.8 Å². The van der Waals surface area contributed by atoms with Crippen molar-refractivity contribution in [2.75, 3.05) is 6.67 Å². The fourth-order valence-electron chi connectivity index (χ4n) is 4.36. The number of carbonyl (C=O) groups is 1. The van der Waals surface area contributed by atoms with Gasteiger partial charge in [0.1, 0.15) is 30.0 Å². The van der Waals surface area contributed by atoms with E-state index in [4.69, 9.17) is 9.16 Å². The Morgan fingerprint density at radius 3 is 2.03 bits per heavy atom. The fourth-order valence-corrected chi connectivity index (χ4v) is 9.60. The zero-order valence-electron chi connectivity index (χ0n) is 19.0. The Labute approximate surface area is 179 Å². The first kappa shape index (κ1) is 24.0. The van der Waals surface area contributed by atoms with E-state index in [-0.39, 0.29) is 5.69 Å². The van der Waals surface area contributed by atoms with Crippen molar-refractivity contribution in [1.82, 2.24) is 4.98 Å². The maximum Gasteiger partial charge on any atom is 0.352 e. The van der Waals surface area contributed by atoms with Crippen molar-refractivity contribution in [3.05, 3.63) is 36.0 Å². The van der Waals surface area contributed by atoms with Crippen LogP contribution in [0.15, 0.2) is 30.3 Å².